The topological polar surface area (TPSA) is 118 Å². The van der Waals surface area contributed by atoms with Gasteiger partial charge in [-0.1, -0.05) is 17.8 Å². The second-order valence-corrected chi connectivity index (χ2v) is 4.08. The van der Waals surface area contributed by atoms with Crippen LogP contribution >= 0.6 is 11.8 Å². The Morgan fingerprint density at radius 3 is 2.89 bits per heavy atom. The first-order valence-electron chi connectivity index (χ1n) is 4.90. The lowest BCUT2D eigenvalue weighted by Gasteiger charge is -2.03. The molecule has 0 bridgehead atoms. The highest BCUT2D eigenvalue weighted by atomic mass is 32.2. The van der Waals surface area contributed by atoms with E-state index in [1.807, 2.05) is 0 Å². The molecule has 1 aromatic heterocycles. The van der Waals surface area contributed by atoms with Gasteiger partial charge in [0.1, 0.15) is 11.4 Å². The smallest absolute Gasteiger partial charge is 0.341 e. The van der Waals surface area contributed by atoms with Crippen LogP contribution in [0, 0.1) is 0 Å². The van der Waals surface area contributed by atoms with Crippen molar-refractivity contribution in [2.45, 2.75) is 5.16 Å². The number of hydrogen-bond donors (Lipinski definition) is 3. The van der Waals surface area contributed by atoms with Crippen LogP contribution in [-0.4, -0.2) is 39.2 Å². The van der Waals surface area contributed by atoms with Gasteiger partial charge < -0.3 is 16.2 Å². The van der Waals surface area contributed by atoms with E-state index < -0.39 is 5.97 Å². The monoisotopic (exact) mass is 268 g/mol. The van der Waals surface area contributed by atoms with E-state index in [2.05, 4.69) is 21.9 Å². The van der Waals surface area contributed by atoms with Crippen molar-refractivity contribution in [3.05, 3.63) is 24.4 Å². The zero-order chi connectivity index (χ0) is 13.5. The number of carbonyl (C=O) groups is 2. The molecule has 0 radical (unpaired) electrons. The molecule has 7 nitrogen and oxygen atoms in total. The fourth-order valence-electron chi connectivity index (χ4n) is 0.979. The number of carboxylic acids is 1. The van der Waals surface area contributed by atoms with Crippen molar-refractivity contribution in [2.24, 2.45) is 0 Å². The van der Waals surface area contributed by atoms with Crippen molar-refractivity contribution in [3.8, 4) is 0 Å². The van der Waals surface area contributed by atoms with Crippen molar-refractivity contribution in [1.29, 1.82) is 0 Å². The summed E-state index contributed by atoms with van der Waals surface area (Å²) in [4.78, 5) is 29.6. The van der Waals surface area contributed by atoms with Crippen LogP contribution in [0.1, 0.15) is 10.4 Å². The number of thioether (sulfide) groups is 1. The second-order valence-electron chi connectivity index (χ2n) is 3.14. The van der Waals surface area contributed by atoms with Crippen LogP contribution < -0.4 is 11.1 Å². The summed E-state index contributed by atoms with van der Waals surface area (Å²) in [6.45, 7) is 3.86. The van der Waals surface area contributed by atoms with Gasteiger partial charge in [-0.05, 0) is 0 Å². The maximum Gasteiger partial charge on any atom is 0.341 e. The first-order valence-corrected chi connectivity index (χ1v) is 5.89. The van der Waals surface area contributed by atoms with Gasteiger partial charge in [-0.2, -0.15) is 0 Å². The lowest BCUT2D eigenvalue weighted by atomic mass is 10.3. The van der Waals surface area contributed by atoms with Gasteiger partial charge in [0.05, 0.1) is 5.75 Å². The number of nitrogens with zero attached hydrogens (tertiary/aromatic N) is 2. The molecule has 96 valence electrons. The largest absolute Gasteiger partial charge is 0.477 e. The number of aromatic carboxylic acids is 1. The van der Waals surface area contributed by atoms with Gasteiger partial charge in [0, 0.05) is 12.7 Å². The highest BCUT2D eigenvalue weighted by molar-refractivity contribution is 7.99. The summed E-state index contributed by atoms with van der Waals surface area (Å²) in [6, 6.07) is 0. The quantitative estimate of drug-likeness (QED) is 0.382. The summed E-state index contributed by atoms with van der Waals surface area (Å²) in [5.41, 5.74) is 5.29. The predicted octanol–water partition coefficient (Wildman–Crippen LogP) is 0.151. The fourth-order valence-corrected chi connectivity index (χ4v) is 1.63. The Balaban J connectivity index is 2.58. The standard InChI is InChI=1S/C10H12N4O3S/c1-2-3-12-7(15)5-18-10-13-4-6(9(16)17)8(11)14-10/h2,4H,1,3,5H2,(H,12,15)(H,16,17)(H2,11,13,14). The van der Waals surface area contributed by atoms with Crippen LogP contribution in [0.15, 0.2) is 24.0 Å². The van der Waals surface area contributed by atoms with E-state index in [0.717, 1.165) is 18.0 Å². The molecule has 0 aliphatic heterocycles. The molecular weight excluding hydrogens is 256 g/mol. The molecule has 0 fully saturated rings. The van der Waals surface area contributed by atoms with Gasteiger partial charge in [0.15, 0.2) is 5.16 Å². The van der Waals surface area contributed by atoms with Crippen LogP contribution in [0.2, 0.25) is 0 Å². The van der Waals surface area contributed by atoms with Crippen LogP contribution in [0.5, 0.6) is 0 Å². The lowest BCUT2D eigenvalue weighted by Crippen LogP contribution is -2.25. The number of aromatic nitrogens is 2. The highest BCUT2D eigenvalue weighted by Crippen LogP contribution is 2.15. The van der Waals surface area contributed by atoms with Gasteiger partial charge in [-0.3, -0.25) is 4.79 Å². The summed E-state index contributed by atoms with van der Waals surface area (Å²) in [5.74, 6) is -1.37. The van der Waals surface area contributed by atoms with E-state index in [1.54, 1.807) is 6.08 Å². The minimum atomic E-state index is -1.19. The van der Waals surface area contributed by atoms with Gasteiger partial charge >= 0.3 is 5.97 Å². The molecule has 1 aromatic rings. The van der Waals surface area contributed by atoms with Crippen LogP contribution in [0.3, 0.4) is 0 Å². The summed E-state index contributed by atoms with van der Waals surface area (Å²) in [7, 11) is 0. The SMILES string of the molecule is C=CCNC(=O)CSc1ncc(C(=O)O)c(N)n1. The maximum atomic E-state index is 11.3. The third-order valence-corrected chi connectivity index (χ3v) is 2.66. The molecule has 0 saturated heterocycles. The van der Waals surface area contributed by atoms with Crippen molar-refractivity contribution >= 4 is 29.5 Å². The van der Waals surface area contributed by atoms with Gasteiger partial charge in [-0.15, -0.1) is 6.58 Å². The third-order valence-electron chi connectivity index (χ3n) is 1.80. The average Bonchev–Trinajstić information content (AvgIpc) is 2.33. The molecule has 0 unspecified atom stereocenters. The molecule has 18 heavy (non-hydrogen) atoms. The number of hydrogen-bond acceptors (Lipinski definition) is 6. The summed E-state index contributed by atoms with van der Waals surface area (Å²) < 4.78 is 0. The molecule has 1 rings (SSSR count). The first-order chi connectivity index (χ1) is 8.54. The number of rotatable bonds is 6. The molecule has 0 atom stereocenters. The maximum absolute atomic E-state index is 11.3. The fraction of sp³-hybridized carbons (Fsp3) is 0.200. The normalized spacial score (nSPS) is 9.78. The third kappa shape index (κ3) is 4.06. The zero-order valence-corrected chi connectivity index (χ0v) is 10.2. The van der Waals surface area contributed by atoms with Crippen molar-refractivity contribution in [2.75, 3.05) is 18.0 Å². The molecule has 1 heterocycles. The predicted molar refractivity (Wildman–Crippen MR) is 67.3 cm³/mol. The number of nitrogen functional groups attached to an aromatic ring is 1. The Bertz CT molecular complexity index is 478. The summed E-state index contributed by atoms with van der Waals surface area (Å²) in [6.07, 6.45) is 2.69. The average molecular weight is 268 g/mol. The number of nitrogens with two attached hydrogens (primary N) is 1. The summed E-state index contributed by atoms with van der Waals surface area (Å²) >= 11 is 1.07. The van der Waals surface area contributed by atoms with E-state index in [0.29, 0.717) is 6.54 Å². The minimum absolute atomic E-state index is 0.119. The number of amides is 1. The minimum Gasteiger partial charge on any atom is -0.477 e. The molecule has 4 N–H and O–H groups in total. The van der Waals surface area contributed by atoms with E-state index in [-0.39, 0.29) is 28.2 Å². The Morgan fingerprint density at radius 2 is 2.33 bits per heavy atom. The molecule has 8 heteroatoms. The van der Waals surface area contributed by atoms with E-state index in [1.165, 1.54) is 0 Å². The molecule has 0 aliphatic rings. The Morgan fingerprint density at radius 1 is 1.61 bits per heavy atom. The summed E-state index contributed by atoms with van der Waals surface area (Å²) in [5, 5.41) is 11.6. The molecule has 0 spiro atoms. The number of nitrogens with one attached hydrogen (secondary N) is 1. The van der Waals surface area contributed by atoms with Gasteiger partial charge in [0.2, 0.25) is 5.91 Å². The first kappa shape index (κ1) is 14.0. The number of carboxylic acid groups (broad SMARTS) is 1. The highest BCUT2D eigenvalue weighted by Gasteiger charge is 2.11. The molecule has 1 amide bonds. The number of anilines is 1. The lowest BCUT2D eigenvalue weighted by molar-refractivity contribution is -0.118. The molecule has 0 saturated carbocycles. The Labute approximate surface area is 108 Å². The molecule has 0 aliphatic carbocycles. The number of carbonyl (C=O) groups excluding carboxylic acids is 1. The van der Waals surface area contributed by atoms with Gasteiger partial charge in [0.25, 0.3) is 0 Å². The van der Waals surface area contributed by atoms with E-state index in [9.17, 15) is 9.59 Å². The van der Waals surface area contributed by atoms with Crippen molar-refractivity contribution < 1.29 is 14.7 Å². The Hall–Kier alpha value is -2.09. The van der Waals surface area contributed by atoms with E-state index >= 15 is 0 Å². The van der Waals surface area contributed by atoms with Crippen molar-refractivity contribution in [1.82, 2.24) is 15.3 Å². The van der Waals surface area contributed by atoms with E-state index in [4.69, 9.17) is 10.8 Å². The molecular formula is C10H12N4O3S. The van der Waals surface area contributed by atoms with Crippen molar-refractivity contribution in [3.63, 3.8) is 0 Å². The zero-order valence-electron chi connectivity index (χ0n) is 9.42. The second kappa shape index (κ2) is 6.60. The van der Waals surface area contributed by atoms with Crippen LogP contribution in [0.25, 0.3) is 0 Å². The Kier molecular flexibility index (Phi) is 5.12. The van der Waals surface area contributed by atoms with Crippen LogP contribution in [-0.2, 0) is 4.79 Å². The molecule has 0 aromatic carbocycles. The van der Waals surface area contributed by atoms with Gasteiger partial charge in [-0.25, -0.2) is 14.8 Å². The van der Waals surface area contributed by atoms with Crippen LogP contribution in [0.4, 0.5) is 5.82 Å².